The number of nitrogens with zero attached hydrogens (tertiary/aromatic N) is 2. The number of aromatic nitrogens is 2. The van der Waals surface area contributed by atoms with E-state index in [0.717, 1.165) is 18.5 Å². The van der Waals surface area contributed by atoms with Gasteiger partial charge < -0.3 is 5.32 Å². The Bertz CT molecular complexity index is 459. The summed E-state index contributed by atoms with van der Waals surface area (Å²) >= 11 is 0. The molecule has 100 valence electrons. The number of aryl methyl sites for hydroxylation is 2. The molecule has 1 aromatic rings. The number of amides is 1. The van der Waals surface area contributed by atoms with E-state index in [-0.39, 0.29) is 6.04 Å². The highest BCUT2D eigenvalue weighted by Gasteiger charge is 2.24. The molecule has 0 fully saturated rings. The zero-order valence-electron chi connectivity index (χ0n) is 11.7. The van der Waals surface area contributed by atoms with Crippen LogP contribution in [-0.4, -0.2) is 27.5 Å². The molecule has 0 radical (unpaired) electrons. The molecule has 0 saturated carbocycles. The van der Waals surface area contributed by atoms with Gasteiger partial charge in [0.1, 0.15) is 0 Å². The van der Waals surface area contributed by atoms with Gasteiger partial charge >= 0.3 is 0 Å². The van der Waals surface area contributed by atoms with Gasteiger partial charge in [0.15, 0.2) is 0 Å². The van der Waals surface area contributed by atoms with E-state index in [9.17, 15) is 9.59 Å². The Morgan fingerprint density at radius 2 is 1.83 bits per heavy atom. The molecule has 0 aliphatic rings. The highest BCUT2D eigenvalue weighted by molar-refractivity contribution is 6.43. The zero-order valence-corrected chi connectivity index (χ0v) is 11.7. The van der Waals surface area contributed by atoms with Gasteiger partial charge in [-0.25, -0.2) is 0 Å². The number of ketones is 1. The fourth-order valence-electron chi connectivity index (χ4n) is 1.96. The van der Waals surface area contributed by atoms with Crippen LogP contribution in [0.25, 0.3) is 0 Å². The molecule has 5 heteroatoms. The van der Waals surface area contributed by atoms with Crippen LogP contribution in [-0.2, 0) is 11.8 Å². The van der Waals surface area contributed by atoms with Gasteiger partial charge in [0, 0.05) is 18.8 Å². The third kappa shape index (κ3) is 2.78. The summed E-state index contributed by atoms with van der Waals surface area (Å²) in [7, 11) is 1.76. The fraction of sp³-hybridized carbons (Fsp3) is 0.615. The predicted molar refractivity (Wildman–Crippen MR) is 69.5 cm³/mol. The van der Waals surface area contributed by atoms with Crippen molar-refractivity contribution in [3.8, 4) is 0 Å². The lowest BCUT2D eigenvalue weighted by Gasteiger charge is -2.13. The number of nitrogens with one attached hydrogen (secondary N) is 1. The van der Waals surface area contributed by atoms with E-state index in [0.29, 0.717) is 11.3 Å². The van der Waals surface area contributed by atoms with Crippen molar-refractivity contribution in [1.29, 1.82) is 0 Å². The monoisotopic (exact) mass is 251 g/mol. The van der Waals surface area contributed by atoms with Gasteiger partial charge in [-0.05, 0) is 26.7 Å². The largest absolute Gasteiger partial charge is 0.346 e. The van der Waals surface area contributed by atoms with E-state index in [1.54, 1.807) is 25.6 Å². The van der Waals surface area contributed by atoms with Crippen molar-refractivity contribution >= 4 is 11.7 Å². The summed E-state index contributed by atoms with van der Waals surface area (Å²) in [5, 5.41) is 6.90. The SMILES string of the molecule is CCC(CC)NC(=O)C(=O)c1c(C)nn(C)c1C. The quantitative estimate of drug-likeness (QED) is 0.637. The minimum atomic E-state index is -0.539. The number of carbonyl (C=O) groups is 2. The predicted octanol–water partition coefficient (Wildman–Crippen LogP) is 1.52. The van der Waals surface area contributed by atoms with Gasteiger partial charge in [-0.3, -0.25) is 14.3 Å². The molecule has 0 saturated heterocycles. The topological polar surface area (TPSA) is 64.0 Å². The van der Waals surface area contributed by atoms with E-state index in [2.05, 4.69) is 10.4 Å². The first-order valence-electron chi connectivity index (χ1n) is 6.27. The summed E-state index contributed by atoms with van der Waals surface area (Å²) in [6, 6.07) is 0.0544. The normalized spacial score (nSPS) is 10.8. The summed E-state index contributed by atoms with van der Waals surface area (Å²) in [5.41, 5.74) is 1.73. The molecule has 0 atom stereocenters. The second-order valence-corrected chi connectivity index (χ2v) is 4.49. The van der Waals surface area contributed by atoms with Crippen LogP contribution >= 0.6 is 0 Å². The highest BCUT2D eigenvalue weighted by Crippen LogP contribution is 2.13. The highest BCUT2D eigenvalue weighted by atomic mass is 16.2. The summed E-state index contributed by atoms with van der Waals surface area (Å²) in [6.07, 6.45) is 1.64. The van der Waals surface area contributed by atoms with Crippen LogP contribution in [0.5, 0.6) is 0 Å². The zero-order chi connectivity index (χ0) is 13.9. The summed E-state index contributed by atoms with van der Waals surface area (Å²) in [5.74, 6) is -1.03. The smallest absolute Gasteiger partial charge is 0.292 e. The molecule has 1 N–H and O–H groups in total. The van der Waals surface area contributed by atoms with Crippen LogP contribution < -0.4 is 5.32 Å². The number of carbonyl (C=O) groups excluding carboxylic acids is 2. The molecule has 0 aromatic carbocycles. The van der Waals surface area contributed by atoms with E-state index in [4.69, 9.17) is 0 Å². The Morgan fingerprint density at radius 1 is 1.28 bits per heavy atom. The first-order valence-corrected chi connectivity index (χ1v) is 6.27. The van der Waals surface area contributed by atoms with Crippen LogP contribution in [0.15, 0.2) is 0 Å². The van der Waals surface area contributed by atoms with E-state index < -0.39 is 11.7 Å². The third-order valence-electron chi connectivity index (χ3n) is 3.26. The molecule has 5 nitrogen and oxygen atoms in total. The van der Waals surface area contributed by atoms with Crippen molar-refractivity contribution < 1.29 is 9.59 Å². The maximum Gasteiger partial charge on any atom is 0.292 e. The lowest BCUT2D eigenvalue weighted by atomic mass is 10.1. The average Bonchev–Trinajstić information content (AvgIpc) is 2.59. The molecule has 1 amide bonds. The van der Waals surface area contributed by atoms with Crippen LogP contribution in [0.2, 0.25) is 0 Å². The number of hydrogen-bond acceptors (Lipinski definition) is 3. The summed E-state index contributed by atoms with van der Waals surface area (Å²) in [6.45, 7) is 7.50. The van der Waals surface area contributed by atoms with Crippen LogP contribution in [0.4, 0.5) is 0 Å². The van der Waals surface area contributed by atoms with Crippen molar-refractivity contribution in [2.24, 2.45) is 7.05 Å². The molecule has 1 aromatic heterocycles. The Labute approximate surface area is 108 Å². The maximum absolute atomic E-state index is 12.1. The van der Waals surface area contributed by atoms with Crippen molar-refractivity contribution in [2.75, 3.05) is 0 Å². The Balaban J connectivity index is 2.90. The maximum atomic E-state index is 12.1. The Kier molecular flexibility index (Phi) is 4.64. The molecule has 1 heterocycles. The van der Waals surface area contributed by atoms with Gasteiger partial charge in [-0.2, -0.15) is 5.10 Å². The minimum Gasteiger partial charge on any atom is -0.346 e. The first-order chi connectivity index (χ1) is 8.42. The molecule has 0 spiro atoms. The molecule has 0 aliphatic heterocycles. The standard InChI is InChI=1S/C13H21N3O2/c1-6-10(7-2)14-13(18)12(17)11-8(3)15-16(5)9(11)4/h10H,6-7H2,1-5H3,(H,14,18). The van der Waals surface area contributed by atoms with E-state index >= 15 is 0 Å². The number of hydrogen-bond donors (Lipinski definition) is 1. The summed E-state index contributed by atoms with van der Waals surface area (Å²) < 4.78 is 1.62. The lowest BCUT2D eigenvalue weighted by molar-refractivity contribution is -0.117. The van der Waals surface area contributed by atoms with E-state index in [1.165, 1.54) is 0 Å². The van der Waals surface area contributed by atoms with Crippen molar-refractivity contribution in [3.63, 3.8) is 0 Å². The van der Waals surface area contributed by atoms with Crippen LogP contribution in [0, 0.1) is 13.8 Å². The third-order valence-corrected chi connectivity index (χ3v) is 3.26. The Morgan fingerprint density at radius 3 is 2.22 bits per heavy atom. The number of Topliss-reactive ketones (excluding diaryl/α,β-unsaturated/α-hetero) is 1. The van der Waals surface area contributed by atoms with Crippen molar-refractivity contribution in [1.82, 2.24) is 15.1 Å². The fourth-order valence-corrected chi connectivity index (χ4v) is 1.96. The molecule has 0 aliphatic carbocycles. The van der Waals surface area contributed by atoms with Gasteiger partial charge in [0.05, 0.1) is 11.3 Å². The van der Waals surface area contributed by atoms with Gasteiger partial charge in [0.25, 0.3) is 11.7 Å². The lowest BCUT2D eigenvalue weighted by Crippen LogP contribution is -2.39. The van der Waals surface area contributed by atoms with Crippen molar-refractivity contribution in [2.45, 2.75) is 46.6 Å². The molecule has 0 bridgehead atoms. The Hall–Kier alpha value is -1.65. The second kappa shape index (κ2) is 5.80. The second-order valence-electron chi connectivity index (χ2n) is 4.49. The van der Waals surface area contributed by atoms with Crippen LogP contribution in [0.1, 0.15) is 48.4 Å². The van der Waals surface area contributed by atoms with Gasteiger partial charge in [-0.15, -0.1) is 0 Å². The molecule has 1 rings (SSSR count). The average molecular weight is 251 g/mol. The molecular weight excluding hydrogens is 230 g/mol. The minimum absolute atomic E-state index is 0.0544. The van der Waals surface area contributed by atoms with Gasteiger partial charge in [-0.1, -0.05) is 13.8 Å². The molecule has 18 heavy (non-hydrogen) atoms. The van der Waals surface area contributed by atoms with Crippen LogP contribution in [0.3, 0.4) is 0 Å². The van der Waals surface area contributed by atoms with Crippen molar-refractivity contribution in [3.05, 3.63) is 17.0 Å². The number of rotatable bonds is 5. The summed E-state index contributed by atoms with van der Waals surface area (Å²) in [4.78, 5) is 24.0. The first kappa shape index (κ1) is 14.4. The molecule has 0 unspecified atom stereocenters. The molecular formula is C13H21N3O2. The van der Waals surface area contributed by atoms with E-state index in [1.807, 2.05) is 13.8 Å². The van der Waals surface area contributed by atoms with Gasteiger partial charge in [0.2, 0.25) is 0 Å².